The number of halogens is 1. The molecule has 0 aliphatic carbocycles. The van der Waals surface area contributed by atoms with Gasteiger partial charge in [-0.15, -0.1) is 24.0 Å². The van der Waals surface area contributed by atoms with E-state index in [1.54, 1.807) is 6.26 Å². The molecule has 0 radical (unpaired) electrons. The number of benzene rings is 1. The van der Waals surface area contributed by atoms with Crippen molar-refractivity contribution in [1.82, 2.24) is 5.32 Å². The van der Waals surface area contributed by atoms with Gasteiger partial charge in [-0.2, -0.15) is 0 Å². The average Bonchev–Trinajstić information content (AvgIpc) is 3.05. The molecule has 0 atom stereocenters. The van der Waals surface area contributed by atoms with Gasteiger partial charge in [0, 0.05) is 19.7 Å². The zero-order valence-electron chi connectivity index (χ0n) is 13.1. The zero-order chi connectivity index (χ0) is 15.5. The van der Waals surface area contributed by atoms with E-state index in [4.69, 9.17) is 14.9 Å². The Morgan fingerprint density at radius 2 is 2.00 bits per heavy atom. The molecule has 3 N–H and O–H groups in total. The smallest absolute Gasteiger partial charge is 0.188 e. The lowest BCUT2D eigenvalue weighted by Gasteiger charge is -2.06. The maximum Gasteiger partial charge on any atom is 0.188 e. The molecule has 0 saturated heterocycles. The molecular weight excluding hydrogens is 405 g/mol. The summed E-state index contributed by atoms with van der Waals surface area (Å²) in [4.78, 5) is 4.27. The summed E-state index contributed by atoms with van der Waals surface area (Å²) in [5.41, 5.74) is 7.10. The van der Waals surface area contributed by atoms with Gasteiger partial charge in [0.05, 0.1) is 6.26 Å². The number of hydrogen-bond donors (Lipinski definition) is 2. The molecule has 23 heavy (non-hydrogen) atoms. The van der Waals surface area contributed by atoms with E-state index in [2.05, 4.69) is 22.4 Å². The first kappa shape index (κ1) is 19.5. The average molecular weight is 429 g/mol. The van der Waals surface area contributed by atoms with Crippen molar-refractivity contribution in [2.24, 2.45) is 10.7 Å². The summed E-state index contributed by atoms with van der Waals surface area (Å²) in [6.45, 7) is 2.58. The van der Waals surface area contributed by atoms with Crippen molar-refractivity contribution in [3.63, 3.8) is 0 Å². The third kappa shape index (κ3) is 8.61. The molecule has 6 heteroatoms. The molecular formula is C17H24IN3O2. The van der Waals surface area contributed by atoms with E-state index in [1.165, 1.54) is 5.56 Å². The van der Waals surface area contributed by atoms with Gasteiger partial charge in [0.1, 0.15) is 12.4 Å². The molecule has 2 aromatic rings. The predicted molar refractivity (Wildman–Crippen MR) is 103 cm³/mol. The minimum absolute atomic E-state index is 0. The van der Waals surface area contributed by atoms with Crippen LogP contribution in [0.1, 0.15) is 17.7 Å². The first-order chi connectivity index (χ1) is 10.8. The second-order valence-corrected chi connectivity index (χ2v) is 4.91. The van der Waals surface area contributed by atoms with Crippen molar-refractivity contribution in [3.8, 4) is 0 Å². The normalized spacial score (nSPS) is 11.0. The van der Waals surface area contributed by atoms with E-state index < -0.39 is 0 Å². The number of nitrogens with one attached hydrogen (secondary N) is 1. The van der Waals surface area contributed by atoms with Crippen LogP contribution < -0.4 is 11.1 Å². The maximum atomic E-state index is 5.81. The van der Waals surface area contributed by atoms with Gasteiger partial charge in [0.2, 0.25) is 0 Å². The summed E-state index contributed by atoms with van der Waals surface area (Å²) in [6, 6.07) is 14.0. The van der Waals surface area contributed by atoms with Crippen LogP contribution in [0.5, 0.6) is 0 Å². The third-order valence-corrected chi connectivity index (χ3v) is 3.12. The lowest BCUT2D eigenvalue weighted by Crippen LogP contribution is -2.33. The standard InChI is InChI=1S/C17H23N3O2.HI/c18-17(20-11-9-15-6-2-1-3-7-15)19-10-5-12-21-14-16-8-4-13-22-16;/h1-4,6-8,13H,5,9-12,14H2,(H3,18,19,20);1H. The van der Waals surface area contributed by atoms with Crippen LogP contribution >= 0.6 is 24.0 Å². The van der Waals surface area contributed by atoms with Crippen LogP contribution in [-0.2, 0) is 17.8 Å². The Kier molecular flexibility index (Phi) is 10.1. The number of furan rings is 1. The molecule has 0 spiro atoms. The number of aliphatic imine (C=N–C) groups is 1. The summed E-state index contributed by atoms with van der Waals surface area (Å²) in [6.07, 6.45) is 3.41. The molecule has 1 heterocycles. The largest absolute Gasteiger partial charge is 0.467 e. The van der Waals surface area contributed by atoms with Crippen LogP contribution in [-0.4, -0.2) is 25.7 Å². The number of ether oxygens (including phenoxy) is 1. The highest BCUT2D eigenvalue weighted by molar-refractivity contribution is 14.0. The number of rotatable bonds is 9. The van der Waals surface area contributed by atoms with Crippen molar-refractivity contribution in [1.29, 1.82) is 0 Å². The van der Waals surface area contributed by atoms with Gasteiger partial charge in [-0.05, 0) is 30.5 Å². The zero-order valence-corrected chi connectivity index (χ0v) is 15.4. The summed E-state index contributed by atoms with van der Waals surface area (Å²) in [5, 5.41) is 3.12. The van der Waals surface area contributed by atoms with Crippen LogP contribution in [0.2, 0.25) is 0 Å². The van der Waals surface area contributed by atoms with E-state index in [0.29, 0.717) is 25.7 Å². The van der Waals surface area contributed by atoms with Crippen LogP contribution in [0.4, 0.5) is 0 Å². The fourth-order valence-corrected chi connectivity index (χ4v) is 1.97. The van der Waals surface area contributed by atoms with E-state index in [1.807, 2.05) is 30.3 Å². The number of guanidine groups is 1. The van der Waals surface area contributed by atoms with Gasteiger partial charge in [-0.25, -0.2) is 0 Å². The molecule has 0 unspecified atom stereocenters. The summed E-state index contributed by atoms with van der Waals surface area (Å²) in [7, 11) is 0. The fourth-order valence-electron chi connectivity index (χ4n) is 1.97. The summed E-state index contributed by atoms with van der Waals surface area (Å²) >= 11 is 0. The molecule has 0 fully saturated rings. The molecule has 0 aliphatic heterocycles. The molecule has 0 amide bonds. The second-order valence-electron chi connectivity index (χ2n) is 4.91. The minimum Gasteiger partial charge on any atom is -0.467 e. The second kappa shape index (κ2) is 12.0. The Balaban J connectivity index is 0.00000264. The van der Waals surface area contributed by atoms with Crippen LogP contribution in [0.3, 0.4) is 0 Å². The van der Waals surface area contributed by atoms with Gasteiger partial charge in [0.25, 0.3) is 0 Å². The minimum atomic E-state index is 0. The highest BCUT2D eigenvalue weighted by atomic mass is 127. The van der Waals surface area contributed by atoms with E-state index in [0.717, 1.165) is 25.1 Å². The number of hydrogen-bond acceptors (Lipinski definition) is 3. The number of nitrogens with two attached hydrogens (primary N) is 1. The van der Waals surface area contributed by atoms with Gasteiger partial charge in [-0.3, -0.25) is 4.99 Å². The quantitative estimate of drug-likeness (QED) is 0.278. The molecule has 1 aromatic heterocycles. The van der Waals surface area contributed by atoms with Crippen molar-refractivity contribution in [2.45, 2.75) is 19.4 Å². The Morgan fingerprint density at radius 3 is 2.74 bits per heavy atom. The topological polar surface area (TPSA) is 72.8 Å². The Labute approximate surface area is 154 Å². The van der Waals surface area contributed by atoms with Crippen molar-refractivity contribution in [3.05, 3.63) is 60.1 Å². The van der Waals surface area contributed by atoms with Crippen molar-refractivity contribution in [2.75, 3.05) is 19.7 Å². The SMILES string of the molecule is I.NC(=NCCCOCc1ccco1)NCCc1ccccc1. The van der Waals surface area contributed by atoms with E-state index >= 15 is 0 Å². The van der Waals surface area contributed by atoms with Gasteiger partial charge >= 0.3 is 0 Å². The molecule has 5 nitrogen and oxygen atoms in total. The highest BCUT2D eigenvalue weighted by Crippen LogP contribution is 2.02. The van der Waals surface area contributed by atoms with Crippen LogP contribution in [0.15, 0.2) is 58.1 Å². The third-order valence-electron chi connectivity index (χ3n) is 3.12. The molecule has 1 aromatic carbocycles. The van der Waals surface area contributed by atoms with Gasteiger partial charge in [-0.1, -0.05) is 30.3 Å². The Morgan fingerprint density at radius 1 is 1.17 bits per heavy atom. The van der Waals surface area contributed by atoms with E-state index in [9.17, 15) is 0 Å². The summed E-state index contributed by atoms with van der Waals surface area (Å²) in [5.74, 6) is 1.33. The monoisotopic (exact) mass is 429 g/mol. The molecule has 126 valence electrons. The lowest BCUT2D eigenvalue weighted by atomic mass is 10.1. The summed E-state index contributed by atoms with van der Waals surface area (Å²) < 4.78 is 10.7. The lowest BCUT2D eigenvalue weighted by molar-refractivity contribution is 0.105. The Hall–Kier alpha value is -1.54. The van der Waals surface area contributed by atoms with Crippen LogP contribution in [0.25, 0.3) is 0 Å². The van der Waals surface area contributed by atoms with Crippen LogP contribution in [0, 0.1) is 0 Å². The number of nitrogens with zero attached hydrogens (tertiary/aromatic N) is 1. The first-order valence-electron chi connectivity index (χ1n) is 7.52. The molecule has 0 saturated carbocycles. The van der Waals surface area contributed by atoms with E-state index in [-0.39, 0.29) is 24.0 Å². The first-order valence-corrected chi connectivity index (χ1v) is 7.52. The molecule has 0 aliphatic rings. The van der Waals surface area contributed by atoms with Crippen molar-refractivity contribution >= 4 is 29.9 Å². The maximum absolute atomic E-state index is 5.81. The van der Waals surface area contributed by atoms with Gasteiger partial charge in [0.15, 0.2) is 5.96 Å². The van der Waals surface area contributed by atoms with Crippen molar-refractivity contribution < 1.29 is 9.15 Å². The van der Waals surface area contributed by atoms with Gasteiger partial charge < -0.3 is 20.2 Å². The molecule has 2 rings (SSSR count). The molecule has 0 bridgehead atoms. The Bertz CT molecular complexity index is 544. The predicted octanol–water partition coefficient (Wildman–Crippen LogP) is 2.95. The fraction of sp³-hybridized carbons (Fsp3) is 0.353. The highest BCUT2D eigenvalue weighted by Gasteiger charge is 1.96.